The van der Waals surface area contributed by atoms with Crippen molar-refractivity contribution in [3.05, 3.63) is 65.4 Å². The number of nitrogens with zero attached hydrogens (tertiary/aromatic N) is 1. The first-order chi connectivity index (χ1) is 11.2. The predicted molar refractivity (Wildman–Crippen MR) is 92.1 cm³/mol. The molecule has 0 N–H and O–H groups in total. The molecule has 0 radical (unpaired) electrons. The Morgan fingerprint density at radius 2 is 1.83 bits per heavy atom. The molecule has 0 saturated heterocycles. The standard InChI is InChI=1S/C20H21NO2/c1-13-12-21-17-10-6-4-8-15(17)14(2)19(21)20(23-13)16-9-5-7-11-18(16)22-3/h4-11,13,20H,12H2,1-3H3/t13-,20+/m0/s1. The molecule has 2 aromatic carbocycles. The zero-order valence-corrected chi connectivity index (χ0v) is 13.7. The Kier molecular flexibility index (Phi) is 3.38. The van der Waals surface area contributed by atoms with Gasteiger partial charge in [0.15, 0.2) is 0 Å². The van der Waals surface area contributed by atoms with Gasteiger partial charge in [-0.3, -0.25) is 0 Å². The fourth-order valence-corrected chi connectivity index (χ4v) is 3.73. The molecule has 23 heavy (non-hydrogen) atoms. The molecule has 1 aliphatic rings. The molecule has 1 aromatic heterocycles. The first-order valence-electron chi connectivity index (χ1n) is 8.06. The molecule has 0 bridgehead atoms. The molecule has 3 heteroatoms. The van der Waals surface area contributed by atoms with E-state index < -0.39 is 0 Å². The van der Waals surface area contributed by atoms with Crippen LogP contribution in [0.2, 0.25) is 0 Å². The van der Waals surface area contributed by atoms with Crippen LogP contribution in [0.1, 0.15) is 29.8 Å². The third-order valence-corrected chi connectivity index (χ3v) is 4.75. The number of aryl methyl sites for hydroxylation is 1. The highest BCUT2D eigenvalue weighted by Crippen LogP contribution is 2.41. The van der Waals surface area contributed by atoms with Crippen LogP contribution in [0.4, 0.5) is 0 Å². The molecule has 1 aliphatic heterocycles. The van der Waals surface area contributed by atoms with Crippen LogP contribution < -0.4 is 4.74 Å². The van der Waals surface area contributed by atoms with E-state index in [1.807, 2.05) is 18.2 Å². The number of benzene rings is 2. The summed E-state index contributed by atoms with van der Waals surface area (Å²) in [4.78, 5) is 0. The van der Waals surface area contributed by atoms with Crippen molar-refractivity contribution in [2.45, 2.75) is 32.6 Å². The minimum Gasteiger partial charge on any atom is -0.496 e. The summed E-state index contributed by atoms with van der Waals surface area (Å²) in [5.41, 5.74) is 4.92. The molecule has 0 fully saturated rings. The first-order valence-corrected chi connectivity index (χ1v) is 8.06. The van der Waals surface area contributed by atoms with Gasteiger partial charge in [0.1, 0.15) is 11.9 Å². The molecular formula is C20H21NO2. The number of para-hydroxylation sites is 2. The second-order valence-electron chi connectivity index (χ2n) is 6.21. The van der Waals surface area contributed by atoms with Crippen molar-refractivity contribution in [3.8, 4) is 5.75 Å². The molecule has 4 rings (SSSR count). The molecule has 118 valence electrons. The maximum atomic E-state index is 6.35. The smallest absolute Gasteiger partial charge is 0.127 e. The van der Waals surface area contributed by atoms with Crippen LogP contribution in [0, 0.1) is 6.92 Å². The number of rotatable bonds is 2. The second-order valence-corrected chi connectivity index (χ2v) is 6.21. The molecule has 0 unspecified atom stereocenters. The second kappa shape index (κ2) is 5.43. The molecule has 3 aromatic rings. The van der Waals surface area contributed by atoms with Gasteiger partial charge < -0.3 is 14.0 Å². The summed E-state index contributed by atoms with van der Waals surface area (Å²) in [6, 6.07) is 16.7. The van der Waals surface area contributed by atoms with Gasteiger partial charge in [0.25, 0.3) is 0 Å². The van der Waals surface area contributed by atoms with Gasteiger partial charge in [0, 0.05) is 23.0 Å². The summed E-state index contributed by atoms with van der Waals surface area (Å²) in [5.74, 6) is 0.878. The Morgan fingerprint density at radius 3 is 2.65 bits per heavy atom. The van der Waals surface area contributed by atoms with E-state index in [0.29, 0.717) is 0 Å². The lowest BCUT2D eigenvalue weighted by molar-refractivity contribution is -0.0155. The summed E-state index contributed by atoms with van der Waals surface area (Å²) < 4.78 is 14.3. The van der Waals surface area contributed by atoms with Crippen LogP contribution in [0.25, 0.3) is 10.9 Å². The Hall–Kier alpha value is -2.26. The van der Waals surface area contributed by atoms with E-state index >= 15 is 0 Å². The minimum absolute atomic E-state index is 0.0951. The van der Waals surface area contributed by atoms with Crippen LogP contribution >= 0.6 is 0 Å². The van der Waals surface area contributed by atoms with Crippen LogP contribution in [0.5, 0.6) is 5.75 Å². The van der Waals surface area contributed by atoms with Gasteiger partial charge in [-0.25, -0.2) is 0 Å². The van der Waals surface area contributed by atoms with Crippen LogP contribution in [0.15, 0.2) is 48.5 Å². The fraction of sp³-hybridized carbons (Fsp3) is 0.300. The third-order valence-electron chi connectivity index (χ3n) is 4.75. The van der Waals surface area contributed by atoms with Crippen molar-refractivity contribution >= 4 is 10.9 Å². The molecule has 2 atom stereocenters. The lowest BCUT2D eigenvalue weighted by atomic mass is 10.00. The Morgan fingerprint density at radius 1 is 1.09 bits per heavy atom. The molecule has 0 saturated carbocycles. The predicted octanol–water partition coefficient (Wildman–Crippen LogP) is 4.47. The lowest BCUT2D eigenvalue weighted by Gasteiger charge is -2.32. The van der Waals surface area contributed by atoms with Crippen molar-refractivity contribution in [1.29, 1.82) is 0 Å². The average molecular weight is 307 g/mol. The summed E-state index contributed by atoms with van der Waals surface area (Å²) in [6.45, 7) is 5.21. The number of ether oxygens (including phenoxy) is 2. The van der Waals surface area contributed by atoms with Crippen molar-refractivity contribution < 1.29 is 9.47 Å². The maximum absolute atomic E-state index is 6.35. The van der Waals surface area contributed by atoms with Crippen molar-refractivity contribution in [2.24, 2.45) is 0 Å². The van der Waals surface area contributed by atoms with Gasteiger partial charge in [-0.05, 0) is 31.5 Å². The molecule has 3 nitrogen and oxygen atoms in total. The highest BCUT2D eigenvalue weighted by Gasteiger charge is 2.32. The van der Waals surface area contributed by atoms with E-state index in [4.69, 9.17) is 9.47 Å². The summed E-state index contributed by atoms with van der Waals surface area (Å²) in [6.07, 6.45) is 0.0647. The van der Waals surface area contributed by atoms with Gasteiger partial charge in [-0.2, -0.15) is 0 Å². The van der Waals surface area contributed by atoms with Crippen LogP contribution in [0.3, 0.4) is 0 Å². The zero-order valence-electron chi connectivity index (χ0n) is 13.7. The van der Waals surface area contributed by atoms with E-state index in [2.05, 4.69) is 48.7 Å². The van der Waals surface area contributed by atoms with E-state index in [9.17, 15) is 0 Å². The minimum atomic E-state index is -0.0951. The van der Waals surface area contributed by atoms with Gasteiger partial charge in [-0.1, -0.05) is 36.4 Å². The van der Waals surface area contributed by atoms with E-state index in [0.717, 1.165) is 17.9 Å². The molecule has 2 heterocycles. The monoisotopic (exact) mass is 307 g/mol. The SMILES string of the molecule is COc1ccccc1[C@H]1O[C@@H](C)Cn2c1c(C)c1ccccc12. The first kappa shape index (κ1) is 14.3. The summed E-state index contributed by atoms with van der Waals surface area (Å²) >= 11 is 0. The highest BCUT2D eigenvalue weighted by molar-refractivity contribution is 5.85. The Labute approximate surface area is 136 Å². The molecular weight excluding hydrogens is 286 g/mol. The number of hydrogen-bond acceptors (Lipinski definition) is 2. The van der Waals surface area contributed by atoms with Crippen LogP contribution in [-0.4, -0.2) is 17.8 Å². The molecule has 0 amide bonds. The van der Waals surface area contributed by atoms with Crippen molar-refractivity contribution in [2.75, 3.05) is 7.11 Å². The van der Waals surface area contributed by atoms with Gasteiger partial charge in [0.05, 0.1) is 18.9 Å². The molecule has 0 spiro atoms. The summed E-state index contributed by atoms with van der Waals surface area (Å²) in [7, 11) is 1.72. The quantitative estimate of drug-likeness (QED) is 0.697. The van der Waals surface area contributed by atoms with Gasteiger partial charge in [0.2, 0.25) is 0 Å². The highest BCUT2D eigenvalue weighted by atomic mass is 16.5. The zero-order chi connectivity index (χ0) is 16.0. The third kappa shape index (κ3) is 2.15. The van der Waals surface area contributed by atoms with Crippen LogP contribution in [-0.2, 0) is 11.3 Å². The van der Waals surface area contributed by atoms with Gasteiger partial charge >= 0.3 is 0 Å². The number of hydrogen-bond donors (Lipinski definition) is 0. The van der Waals surface area contributed by atoms with E-state index in [1.165, 1.54) is 22.2 Å². The summed E-state index contributed by atoms with van der Waals surface area (Å²) in [5, 5.41) is 1.31. The fourth-order valence-electron chi connectivity index (χ4n) is 3.73. The Balaban J connectivity index is 1.98. The maximum Gasteiger partial charge on any atom is 0.127 e. The van der Waals surface area contributed by atoms with Crippen molar-refractivity contribution in [3.63, 3.8) is 0 Å². The van der Waals surface area contributed by atoms with Crippen molar-refractivity contribution in [1.82, 2.24) is 4.57 Å². The number of fused-ring (bicyclic) bond motifs is 3. The average Bonchev–Trinajstić information content (AvgIpc) is 2.87. The Bertz CT molecular complexity index is 865. The van der Waals surface area contributed by atoms with Gasteiger partial charge in [-0.15, -0.1) is 0 Å². The lowest BCUT2D eigenvalue weighted by Crippen LogP contribution is -2.29. The normalized spacial score (nSPS) is 20.5. The topological polar surface area (TPSA) is 23.4 Å². The van der Waals surface area contributed by atoms with E-state index in [-0.39, 0.29) is 12.2 Å². The number of methoxy groups -OCH3 is 1. The molecule has 0 aliphatic carbocycles. The largest absolute Gasteiger partial charge is 0.496 e. The number of aromatic nitrogens is 1. The van der Waals surface area contributed by atoms with E-state index in [1.54, 1.807) is 7.11 Å².